The highest BCUT2D eigenvalue weighted by Gasteiger charge is 2.23. The van der Waals surface area contributed by atoms with E-state index in [1.165, 1.54) is 11.1 Å². The quantitative estimate of drug-likeness (QED) is 0.182. The lowest BCUT2D eigenvalue weighted by Crippen LogP contribution is -2.16. The van der Waals surface area contributed by atoms with Crippen molar-refractivity contribution in [2.24, 2.45) is 0 Å². The average molecular weight is 779 g/mol. The highest BCUT2D eigenvalue weighted by molar-refractivity contribution is 6.14. The van der Waals surface area contributed by atoms with Crippen molar-refractivity contribution in [3.05, 3.63) is 181 Å². The van der Waals surface area contributed by atoms with Gasteiger partial charge in [0.2, 0.25) is 0 Å². The Bertz CT molecular complexity index is 3100. The first-order valence-electron chi connectivity index (χ1n) is 20.4. The Balaban J connectivity index is 1.21. The maximum atomic E-state index is 11.1. The van der Waals surface area contributed by atoms with Crippen molar-refractivity contribution in [1.82, 2.24) is 14.5 Å². The molecule has 0 aliphatic rings. The van der Waals surface area contributed by atoms with E-state index in [2.05, 4.69) is 155 Å². The van der Waals surface area contributed by atoms with Gasteiger partial charge in [-0.3, -0.25) is 4.98 Å². The topological polar surface area (TPSA) is 74.7 Å². The first kappa shape index (κ1) is 38.2. The van der Waals surface area contributed by atoms with Crippen LogP contribution in [0.15, 0.2) is 164 Å². The first-order valence-corrected chi connectivity index (χ1v) is 20.4. The van der Waals surface area contributed by atoms with Crippen molar-refractivity contribution < 1.29 is 5.11 Å². The number of phenolic OH excluding ortho intramolecular Hbond substituents is 1. The minimum atomic E-state index is -0.0535. The van der Waals surface area contributed by atoms with E-state index in [0.29, 0.717) is 16.8 Å². The van der Waals surface area contributed by atoms with Gasteiger partial charge in [0.25, 0.3) is 0 Å². The Hall–Kier alpha value is -7.29. The van der Waals surface area contributed by atoms with Crippen molar-refractivity contribution in [2.75, 3.05) is 0 Å². The van der Waals surface area contributed by atoms with Gasteiger partial charge in [-0.2, -0.15) is 5.26 Å². The van der Waals surface area contributed by atoms with Gasteiger partial charge in [-0.05, 0) is 111 Å². The molecule has 0 radical (unpaired) electrons. The lowest BCUT2D eigenvalue weighted by atomic mass is 9.79. The summed E-state index contributed by atoms with van der Waals surface area (Å²) in [6.07, 6.45) is 1.85. The largest absolute Gasteiger partial charge is 0.507 e. The second-order valence-corrected chi connectivity index (χ2v) is 17.7. The first-order chi connectivity index (χ1) is 28.9. The molecule has 9 rings (SSSR count). The summed E-state index contributed by atoms with van der Waals surface area (Å²) in [6.45, 7) is 13.5. The monoisotopic (exact) mass is 778 g/mol. The molecule has 60 heavy (non-hydrogen) atoms. The van der Waals surface area contributed by atoms with E-state index in [9.17, 15) is 10.4 Å². The predicted molar refractivity (Wildman–Crippen MR) is 247 cm³/mol. The molecule has 0 aliphatic heterocycles. The third-order valence-electron chi connectivity index (χ3n) is 11.4. The fourth-order valence-electron chi connectivity index (χ4n) is 8.15. The molecule has 5 heteroatoms. The zero-order chi connectivity index (χ0) is 41.8. The van der Waals surface area contributed by atoms with Crippen LogP contribution in [-0.4, -0.2) is 19.6 Å². The molecule has 0 aliphatic carbocycles. The van der Waals surface area contributed by atoms with Gasteiger partial charge >= 0.3 is 0 Å². The van der Waals surface area contributed by atoms with E-state index in [1.807, 2.05) is 54.7 Å². The summed E-state index contributed by atoms with van der Waals surface area (Å²) in [5.41, 5.74) is 15.1. The molecule has 9 aromatic rings. The lowest BCUT2D eigenvalue weighted by molar-refractivity contribution is 0.477. The minimum absolute atomic E-state index is 0.0535. The van der Waals surface area contributed by atoms with Crippen molar-refractivity contribution in [3.8, 4) is 73.5 Å². The van der Waals surface area contributed by atoms with E-state index >= 15 is 0 Å². The summed E-state index contributed by atoms with van der Waals surface area (Å²) < 4.78 is 2.30. The molecule has 6 aromatic carbocycles. The Morgan fingerprint density at radius 2 is 1.15 bits per heavy atom. The van der Waals surface area contributed by atoms with Crippen LogP contribution in [0, 0.1) is 11.3 Å². The molecule has 0 fully saturated rings. The molecule has 0 amide bonds. The molecule has 0 saturated carbocycles. The van der Waals surface area contributed by atoms with E-state index in [1.54, 1.807) is 6.07 Å². The fraction of sp³-hybridized carbons (Fsp3) is 0.145. The smallest absolute Gasteiger partial charge is 0.124 e. The van der Waals surface area contributed by atoms with Crippen LogP contribution in [0.25, 0.3) is 83.5 Å². The molecule has 0 unspecified atom stereocenters. The van der Waals surface area contributed by atoms with Gasteiger partial charge in [0.15, 0.2) is 0 Å². The number of nitrogens with zero attached hydrogens (tertiary/aromatic N) is 4. The SMILES string of the molecule is CC(C)(C)c1cc(-c2cc(-c3cccc(-c4cc(-c5cc(C#N)cc6c7ccccc7n(-c7ccccc7)c56)ccn4)c3)nc(-c3ccccc3O)c2)cc(C(C)(C)C)c1. The van der Waals surface area contributed by atoms with Gasteiger partial charge in [0, 0.05) is 44.9 Å². The summed E-state index contributed by atoms with van der Waals surface area (Å²) in [4.78, 5) is 10.1. The van der Waals surface area contributed by atoms with Crippen molar-refractivity contribution in [2.45, 2.75) is 52.4 Å². The molecule has 0 bridgehead atoms. The van der Waals surface area contributed by atoms with Gasteiger partial charge in [-0.15, -0.1) is 0 Å². The highest BCUT2D eigenvalue weighted by atomic mass is 16.3. The van der Waals surface area contributed by atoms with Crippen LogP contribution in [0.4, 0.5) is 0 Å². The number of nitriles is 1. The molecule has 3 aromatic heterocycles. The van der Waals surface area contributed by atoms with Crippen molar-refractivity contribution in [1.29, 1.82) is 5.26 Å². The van der Waals surface area contributed by atoms with Crippen molar-refractivity contribution in [3.63, 3.8) is 0 Å². The average Bonchev–Trinajstić information content (AvgIpc) is 3.60. The number of fused-ring (bicyclic) bond motifs is 3. The molecule has 5 nitrogen and oxygen atoms in total. The van der Waals surface area contributed by atoms with Gasteiger partial charge in [0.1, 0.15) is 5.75 Å². The van der Waals surface area contributed by atoms with E-state index in [4.69, 9.17) is 9.97 Å². The lowest BCUT2D eigenvalue weighted by Gasteiger charge is -2.26. The molecule has 0 spiro atoms. The predicted octanol–water partition coefficient (Wildman–Crippen LogP) is 14.1. The standard InChI is InChI=1S/C55H46N4O/c1-54(2,3)41-28-39(29-42(33-41)55(4,5)6)40-31-49(58-50(32-40)45-20-11-13-22-52(45)60)38-16-14-15-37(27-38)48-30-36(23-24-57-48)46-25-35(34-56)26-47-44-19-10-12-21-51(44)59(53(46)47)43-17-8-7-9-18-43/h7-33,60H,1-6H3. The second kappa shape index (κ2) is 14.8. The maximum Gasteiger partial charge on any atom is 0.124 e. The van der Waals surface area contributed by atoms with Crippen LogP contribution < -0.4 is 0 Å². The van der Waals surface area contributed by atoms with Crippen LogP contribution in [-0.2, 0) is 10.8 Å². The zero-order valence-corrected chi connectivity index (χ0v) is 34.8. The Labute approximate surface area is 351 Å². The number of pyridine rings is 2. The Kier molecular flexibility index (Phi) is 9.45. The molecule has 3 heterocycles. The molecule has 1 N–H and O–H groups in total. The third-order valence-corrected chi connectivity index (χ3v) is 11.4. The summed E-state index contributed by atoms with van der Waals surface area (Å²) >= 11 is 0. The summed E-state index contributed by atoms with van der Waals surface area (Å²) in [5, 5.41) is 23.4. The van der Waals surface area contributed by atoms with Crippen LogP contribution in [0.3, 0.4) is 0 Å². The number of para-hydroxylation sites is 3. The molecule has 0 saturated heterocycles. The van der Waals surface area contributed by atoms with Crippen molar-refractivity contribution >= 4 is 21.8 Å². The van der Waals surface area contributed by atoms with E-state index in [-0.39, 0.29) is 16.6 Å². The Morgan fingerprint density at radius 3 is 1.87 bits per heavy atom. The van der Waals surface area contributed by atoms with Crippen LogP contribution in [0.2, 0.25) is 0 Å². The van der Waals surface area contributed by atoms with Gasteiger partial charge in [-0.25, -0.2) is 4.98 Å². The number of aromatic hydroxyl groups is 1. The molecule has 0 atom stereocenters. The van der Waals surface area contributed by atoms with Crippen LogP contribution in [0.5, 0.6) is 5.75 Å². The number of rotatable bonds is 6. The Morgan fingerprint density at radius 1 is 0.517 bits per heavy atom. The van der Waals surface area contributed by atoms with Gasteiger partial charge in [-0.1, -0.05) is 126 Å². The molecular weight excluding hydrogens is 733 g/mol. The molecule has 292 valence electrons. The highest BCUT2D eigenvalue weighted by Crippen LogP contribution is 2.41. The van der Waals surface area contributed by atoms with Crippen LogP contribution in [0.1, 0.15) is 58.2 Å². The normalized spacial score (nSPS) is 11.9. The number of aromatic nitrogens is 3. The summed E-state index contributed by atoms with van der Waals surface area (Å²) in [5.74, 6) is 0.183. The fourth-order valence-corrected chi connectivity index (χ4v) is 8.15. The van der Waals surface area contributed by atoms with Gasteiger partial charge in [0.05, 0.1) is 39.7 Å². The number of benzene rings is 6. The third kappa shape index (κ3) is 7.11. The van der Waals surface area contributed by atoms with E-state index in [0.717, 1.165) is 72.3 Å². The number of hydrogen-bond acceptors (Lipinski definition) is 4. The van der Waals surface area contributed by atoms with E-state index < -0.39 is 0 Å². The minimum Gasteiger partial charge on any atom is -0.507 e. The molecular formula is C55H46N4O. The number of hydrogen-bond donors (Lipinski definition) is 1. The second-order valence-electron chi connectivity index (χ2n) is 17.7. The van der Waals surface area contributed by atoms with Crippen LogP contribution >= 0.6 is 0 Å². The maximum absolute atomic E-state index is 11.1. The van der Waals surface area contributed by atoms with Gasteiger partial charge < -0.3 is 9.67 Å². The zero-order valence-electron chi connectivity index (χ0n) is 34.8. The summed E-state index contributed by atoms with van der Waals surface area (Å²) in [7, 11) is 0. The summed E-state index contributed by atoms with van der Waals surface area (Å²) in [6, 6.07) is 56.2. The number of phenols is 1.